The maximum absolute atomic E-state index is 11.4. The zero-order valence-corrected chi connectivity index (χ0v) is 11.2. The van der Waals surface area contributed by atoms with Crippen LogP contribution < -0.4 is 5.32 Å². The molecule has 0 heterocycles. The molecule has 1 aromatic carbocycles. The highest BCUT2D eigenvalue weighted by Gasteiger charge is 2.08. The minimum atomic E-state index is 0.0445. The second-order valence-electron chi connectivity index (χ2n) is 3.18. The summed E-state index contributed by atoms with van der Waals surface area (Å²) in [5, 5.41) is 2.90. The van der Waals surface area contributed by atoms with Crippen molar-refractivity contribution >= 4 is 39.3 Å². The summed E-state index contributed by atoms with van der Waals surface area (Å²) in [5.74, 6) is 0.536. The smallest absolute Gasteiger partial charge is 0.234 e. The molecule has 1 atom stereocenters. The molecule has 1 N–H and O–H groups in total. The van der Waals surface area contributed by atoms with Crippen LogP contribution in [0.15, 0.2) is 24.3 Å². The lowest BCUT2D eigenvalue weighted by Gasteiger charge is -2.12. The van der Waals surface area contributed by atoms with Crippen LogP contribution in [-0.2, 0) is 4.79 Å². The van der Waals surface area contributed by atoms with Crippen molar-refractivity contribution in [3.63, 3.8) is 0 Å². The number of nitrogens with one attached hydrogen (secondary N) is 1. The molecule has 0 saturated carbocycles. The summed E-state index contributed by atoms with van der Waals surface area (Å²) < 4.78 is 0. The van der Waals surface area contributed by atoms with Gasteiger partial charge in [0.25, 0.3) is 0 Å². The highest BCUT2D eigenvalue weighted by Crippen LogP contribution is 2.28. The quantitative estimate of drug-likeness (QED) is 0.860. The maximum Gasteiger partial charge on any atom is 0.234 e. The van der Waals surface area contributed by atoms with Crippen LogP contribution in [0.2, 0.25) is 0 Å². The van der Waals surface area contributed by atoms with Crippen molar-refractivity contribution in [2.75, 3.05) is 17.3 Å². The third kappa shape index (κ3) is 3.87. The SMILES string of the molecule is CSCC(=O)Nc1ccccc1C(C)Br. The van der Waals surface area contributed by atoms with Gasteiger partial charge in [-0.2, -0.15) is 11.8 Å². The van der Waals surface area contributed by atoms with Gasteiger partial charge in [0.05, 0.1) is 5.75 Å². The molecule has 0 fully saturated rings. The Bertz CT molecular complexity index is 341. The van der Waals surface area contributed by atoms with E-state index in [2.05, 4.69) is 21.2 Å². The first-order valence-corrected chi connectivity index (χ1v) is 6.98. The molecule has 0 radical (unpaired) electrons. The van der Waals surface area contributed by atoms with Gasteiger partial charge in [-0.1, -0.05) is 34.1 Å². The van der Waals surface area contributed by atoms with Gasteiger partial charge in [-0.05, 0) is 24.8 Å². The van der Waals surface area contributed by atoms with Crippen molar-refractivity contribution in [2.45, 2.75) is 11.8 Å². The third-order valence-electron chi connectivity index (χ3n) is 1.94. The molecule has 0 saturated heterocycles. The van der Waals surface area contributed by atoms with E-state index in [-0.39, 0.29) is 10.7 Å². The molecule has 0 aliphatic heterocycles. The number of benzene rings is 1. The van der Waals surface area contributed by atoms with Crippen LogP contribution in [0.5, 0.6) is 0 Å². The van der Waals surface area contributed by atoms with Gasteiger partial charge in [-0.15, -0.1) is 0 Å². The minimum Gasteiger partial charge on any atom is -0.325 e. The number of hydrogen-bond acceptors (Lipinski definition) is 2. The van der Waals surface area contributed by atoms with Gasteiger partial charge in [0.15, 0.2) is 0 Å². The number of rotatable bonds is 4. The molecular formula is C11H14BrNOS. The van der Waals surface area contributed by atoms with Gasteiger partial charge in [0, 0.05) is 10.5 Å². The number of carbonyl (C=O) groups excluding carboxylic acids is 1. The molecule has 0 bridgehead atoms. The molecular weight excluding hydrogens is 274 g/mol. The number of anilines is 1. The molecule has 2 nitrogen and oxygen atoms in total. The third-order valence-corrected chi connectivity index (χ3v) is 2.98. The fourth-order valence-corrected chi connectivity index (χ4v) is 2.01. The molecule has 0 aliphatic carbocycles. The number of thioether (sulfide) groups is 1. The zero-order valence-electron chi connectivity index (χ0n) is 8.79. The van der Waals surface area contributed by atoms with Crippen LogP contribution in [0.1, 0.15) is 17.3 Å². The highest BCUT2D eigenvalue weighted by atomic mass is 79.9. The molecule has 0 aromatic heterocycles. The predicted molar refractivity (Wildman–Crippen MR) is 70.8 cm³/mol. The first-order chi connectivity index (χ1) is 7.15. The van der Waals surface area contributed by atoms with E-state index in [0.717, 1.165) is 11.3 Å². The molecule has 1 amide bonds. The lowest BCUT2D eigenvalue weighted by molar-refractivity contribution is -0.113. The number of carbonyl (C=O) groups is 1. The number of hydrogen-bond donors (Lipinski definition) is 1. The normalized spacial score (nSPS) is 12.2. The fraction of sp³-hybridized carbons (Fsp3) is 0.364. The van der Waals surface area contributed by atoms with Crippen molar-refractivity contribution in [3.8, 4) is 0 Å². The van der Waals surface area contributed by atoms with Gasteiger partial charge in [0.2, 0.25) is 5.91 Å². The Hall–Kier alpha value is -0.480. The Morgan fingerprint density at radius 3 is 2.80 bits per heavy atom. The highest BCUT2D eigenvalue weighted by molar-refractivity contribution is 9.09. The second-order valence-corrected chi connectivity index (χ2v) is 5.42. The van der Waals surface area contributed by atoms with E-state index in [9.17, 15) is 4.79 Å². The molecule has 4 heteroatoms. The van der Waals surface area contributed by atoms with Gasteiger partial charge in [-0.25, -0.2) is 0 Å². The van der Waals surface area contributed by atoms with E-state index in [1.165, 1.54) is 11.8 Å². The number of amides is 1. The largest absolute Gasteiger partial charge is 0.325 e. The van der Waals surface area contributed by atoms with Crippen LogP contribution in [-0.4, -0.2) is 17.9 Å². The summed E-state index contributed by atoms with van der Waals surface area (Å²) in [7, 11) is 0. The van der Waals surface area contributed by atoms with E-state index in [1.54, 1.807) is 0 Å². The van der Waals surface area contributed by atoms with Gasteiger partial charge < -0.3 is 5.32 Å². The second kappa shape index (κ2) is 6.18. The van der Waals surface area contributed by atoms with Gasteiger partial charge >= 0.3 is 0 Å². The zero-order chi connectivity index (χ0) is 11.3. The molecule has 15 heavy (non-hydrogen) atoms. The Morgan fingerprint density at radius 1 is 1.53 bits per heavy atom. The van der Waals surface area contributed by atoms with Crippen molar-refractivity contribution < 1.29 is 4.79 Å². The van der Waals surface area contributed by atoms with E-state index >= 15 is 0 Å². The minimum absolute atomic E-state index is 0.0445. The van der Waals surface area contributed by atoms with Crippen molar-refractivity contribution in [2.24, 2.45) is 0 Å². The molecule has 1 unspecified atom stereocenters. The molecule has 0 spiro atoms. The number of alkyl halides is 1. The van der Waals surface area contributed by atoms with Crippen LogP contribution in [0.25, 0.3) is 0 Å². The van der Waals surface area contributed by atoms with Crippen LogP contribution in [0.4, 0.5) is 5.69 Å². The van der Waals surface area contributed by atoms with Crippen LogP contribution in [0, 0.1) is 0 Å². The Kier molecular flexibility index (Phi) is 5.19. The van der Waals surface area contributed by atoms with Gasteiger partial charge in [-0.3, -0.25) is 4.79 Å². The first-order valence-electron chi connectivity index (χ1n) is 4.67. The fourth-order valence-electron chi connectivity index (χ4n) is 1.28. The first kappa shape index (κ1) is 12.6. The Morgan fingerprint density at radius 2 is 2.20 bits per heavy atom. The molecule has 1 rings (SSSR count). The number of para-hydroxylation sites is 1. The van der Waals surface area contributed by atoms with E-state index in [0.29, 0.717) is 5.75 Å². The van der Waals surface area contributed by atoms with Crippen molar-refractivity contribution in [1.82, 2.24) is 0 Å². The lowest BCUT2D eigenvalue weighted by Crippen LogP contribution is -2.15. The van der Waals surface area contributed by atoms with Crippen LogP contribution >= 0.6 is 27.7 Å². The number of halogens is 1. The molecule has 82 valence electrons. The van der Waals surface area contributed by atoms with Gasteiger partial charge in [0.1, 0.15) is 0 Å². The van der Waals surface area contributed by atoms with E-state index in [1.807, 2.05) is 37.4 Å². The molecule has 1 aromatic rings. The maximum atomic E-state index is 11.4. The lowest BCUT2D eigenvalue weighted by atomic mass is 10.1. The summed E-state index contributed by atoms with van der Waals surface area (Å²) in [6.45, 7) is 2.04. The summed E-state index contributed by atoms with van der Waals surface area (Å²) in [4.78, 5) is 11.7. The predicted octanol–water partition coefficient (Wildman–Crippen LogP) is 3.44. The van der Waals surface area contributed by atoms with E-state index < -0.39 is 0 Å². The standard InChI is InChI=1S/C11H14BrNOS/c1-8(12)9-5-3-4-6-10(9)13-11(14)7-15-2/h3-6,8H,7H2,1-2H3,(H,13,14). The molecule has 0 aliphatic rings. The Balaban J connectivity index is 2.80. The summed E-state index contributed by atoms with van der Waals surface area (Å²) in [6, 6.07) is 7.82. The van der Waals surface area contributed by atoms with Crippen molar-refractivity contribution in [3.05, 3.63) is 29.8 Å². The average Bonchev–Trinajstić information content (AvgIpc) is 2.18. The van der Waals surface area contributed by atoms with Crippen molar-refractivity contribution in [1.29, 1.82) is 0 Å². The monoisotopic (exact) mass is 287 g/mol. The topological polar surface area (TPSA) is 29.1 Å². The van der Waals surface area contributed by atoms with Crippen LogP contribution in [0.3, 0.4) is 0 Å². The summed E-state index contributed by atoms with van der Waals surface area (Å²) in [5.41, 5.74) is 1.99. The summed E-state index contributed by atoms with van der Waals surface area (Å²) in [6.07, 6.45) is 1.92. The Labute approximate surface area is 103 Å². The average molecular weight is 288 g/mol. The summed E-state index contributed by atoms with van der Waals surface area (Å²) >= 11 is 5.03. The van der Waals surface area contributed by atoms with E-state index in [4.69, 9.17) is 0 Å².